The van der Waals surface area contributed by atoms with E-state index in [1.54, 1.807) is 6.33 Å². The molecule has 3 N–H and O–H groups in total. The fourth-order valence-corrected chi connectivity index (χ4v) is 1.49. The van der Waals surface area contributed by atoms with Crippen LogP contribution in [0.5, 0.6) is 0 Å². The SMILES string of the molecule is CCn1cnnc1CNc1ncnc(Cl)c1N. The molecule has 2 rings (SSSR count). The van der Waals surface area contributed by atoms with Crippen molar-refractivity contribution in [3.8, 4) is 0 Å². The molecular weight excluding hydrogens is 242 g/mol. The Bertz CT molecular complexity index is 510. The lowest BCUT2D eigenvalue weighted by Gasteiger charge is -2.08. The van der Waals surface area contributed by atoms with Crippen LogP contribution in [0.1, 0.15) is 12.7 Å². The summed E-state index contributed by atoms with van der Waals surface area (Å²) >= 11 is 5.78. The molecule has 2 aromatic heterocycles. The normalized spacial score (nSPS) is 10.5. The fourth-order valence-electron chi connectivity index (χ4n) is 1.36. The van der Waals surface area contributed by atoms with E-state index < -0.39 is 0 Å². The molecule has 0 atom stereocenters. The average Bonchev–Trinajstić information content (AvgIpc) is 2.78. The number of nitrogens with two attached hydrogens (primary N) is 1. The highest BCUT2D eigenvalue weighted by molar-refractivity contribution is 6.32. The Morgan fingerprint density at radius 3 is 3.06 bits per heavy atom. The van der Waals surface area contributed by atoms with E-state index in [0.717, 1.165) is 12.4 Å². The Morgan fingerprint density at radius 1 is 1.47 bits per heavy atom. The summed E-state index contributed by atoms with van der Waals surface area (Å²) in [6.45, 7) is 3.30. The number of rotatable bonds is 4. The first kappa shape index (κ1) is 11.6. The van der Waals surface area contributed by atoms with E-state index in [0.29, 0.717) is 18.1 Å². The maximum Gasteiger partial charge on any atom is 0.157 e. The van der Waals surface area contributed by atoms with Gasteiger partial charge in [-0.15, -0.1) is 10.2 Å². The number of aromatic nitrogens is 5. The van der Waals surface area contributed by atoms with Gasteiger partial charge in [0.25, 0.3) is 0 Å². The van der Waals surface area contributed by atoms with E-state index in [4.69, 9.17) is 17.3 Å². The molecule has 0 fully saturated rings. The van der Waals surface area contributed by atoms with Crippen LogP contribution in [-0.4, -0.2) is 24.7 Å². The van der Waals surface area contributed by atoms with E-state index in [9.17, 15) is 0 Å². The topological polar surface area (TPSA) is 94.5 Å². The molecule has 0 aliphatic carbocycles. The highest BCUT2D eigenvalue weighted by Gasteiger charge is 2.07. The second kappa shape index (κ2) is 4.96. The second-order valence-electron chi connectivity index (χ2n) is 3.31. The van der Waals surface area contributed by atoms with Gasteiger partial charge in [-0.2, -0.15) is 0 Å². The Balaban J connectivity index is 2.10. The predicted octanol–water partition coefficient (Wildman–Crippen LogP) is 0.936. The van der Waals surface area contributed by atoms with Gasteiger partial charge in [-0.25, -0.2) is 9.97 Å². The molecule has 0 aliphatic heterocycles. The van der Waals surface area contributed by atoms with Crippen molar-refractivity contribution in [2.45, 2.75) is 20.0 Å². The molecular formula is C9H12ClN7. The number of hydrogen-bond donors (Lipinski definition) is 2. The van der Waals surface area contributed by atoms with E-state index in [-0.39, 0.29) is 5.15 Å². The van der Waals surface area contributed by atoms with Crippen LogP contribution in [0.25, 0.3) is 0 Å². The third-order valence-corrected chi connectivity index (χ3v) is 2.59. The van der Waals surface area contributed by atoms with Crippen molar-refractivity contribution in [3.05, 3.63) is 23.6 Å². The van der Waals surface area contributed by atoms with Crippen LogP contribution in [-0.2, 0) is 13.1 Å². The highest BCUT2D eigenvalue weighted by Crippen LogP contribution is 2.22. The Kier molecular flexibility index (Phi) is 3.38. The van der Waals surface area contributed by atoms with Gasteiger partial charge in [-0.05, 0) is 6.92 Å². The van der Waals surface area contributed by atoms with E-state index in [1.165, 1.54) is 6.33 Å². The van der Waals surface area contributed by atoms with Gasteiger partial charge in [0, 0.05) is 6.54 Å². The molecule has 0 aliphatic rings. The van der Waals surface area contributed by atoms with Crippen molar-refractivity contribution in [2.24, 2.45) is 0 Å². The van der Waals surface area contributed by atoms with Crippen LogP contribution >= 0.6 is 11.6 Å². The molecule has 0 radical (unpaired) electrons. The van der Waals surface area contributed by atoms with Crippen LogP contribution in [0.4, 0.5) is 11.5 Å². The van der Waals surface area contributed by atoms with Crippen molar-refractivity contribution in [3.63, 3.8) is 0 Å². The number of hydrogen-bond acceptors (Lipinski definition) is 6. The van der Waals surface area contributed by atoms with Crippen molar-refractivity contribution < 1.29 is 0 Å². The summed E-state index contributed by atoms with van der Waals surface area (Å²) < 4.78 is 1.92. The van der Waals surface area contributed by atoms with Gasteiger partial charge in [-0.3, -0.25) is 0 Å². The number of nitrogens with one attached hydrogen (secondary N) is 1. The Hall–Kier alpha value is -1.89. The van der Waals surface area contributed by atoms with Gasteiger partial charge >= 0.3 is 0 Å². The molecule has 0 amide bonds. The van der Waals surface area contributed by atoms with E-state index in [1.807, 2.05) is 11.5 Å². The molecule has 0 bridgehead atoms. The maximum absolute atomic E-state index is 5.78. The molecule has 90 valence electrons. The van der Waals surface area contributed by atoms with Crippen LogP contribution in [0.15, 0.2) is 12.7 Å². The largest absolute Gasteiger partial charge is 0.393 e. The first-order valence-electron chi connectivity index (χ1n) is 5.09. The minimum absolute atomic E-state index is 0.236. The standard InChI is InChI=1S/C9H12ClN7/c1-2-17-5-15-16-6(17)3-12-9-7(11)8(10)13-4-14-9/h4-5H,2-3,11H2,1H3,(H,12,13,14). The van der Waals surface area contributed by atoms with E-state index >= 15 is 0 Å². The summed E-state index contributed by atoms with van der Waals surface area (Å²) in [6, 6.07) is 0. The summed E-state index contributed by atoms with van der Waals surface area (Å²) in [5.74, 6) is 1.30. The molecule has 2 aromatic rings. The lowest BCUT2D eigenvalue weighted by molar-refractivity contribution is 0.707. The Morgan fingerprint density at radius 2 is 2.29 bits per heavy atom. The third-order valence-electron chi connectivity index (χ3n) is 2.29. The van der Waals surface area contributed by atoms with Crippen LogP contribution in [0.2, 0.25) is 5.15 Å². The lowest BCUT2D eigenvalue weighted by atomic mass is 10.4. The minimum Gasteiger partial charge on any atom is -0.393 e. The maximum atomic E-state index is 5.78. The van der Waals surface area contributed by atoms with Crippen molar-refractivity contribution in [1.82, 2.24) is 24.7 Å². The zero-order valence-electron chi connectivity index (χ0n) is 9.26. The first-order valence-corrected chi connectivity index (χ1v) is 5.46. The molecule has 0 saturated heterocycles. The van der Waals surface area contributed by atoms with Gasteiger partial charge in [-0.1, -0.05) is 11.6 Å². The number of nitrogens with zero attached hydrogens (tertiary/aromatic N) is 5. The zero-order valence-corrected chi connectivity index (χ0v) is 10.0. The van der Waals surface area contributed by atoms with Gasteiger partial charge in [0.1, 0.15) is 18.3 Å². The summed E-state index contributed by atoms with van der Waals surface area (Å²) in [7, 11) is 0. The summed E-state index contributed by atoms with van der Waals surface area (Å²) in [4.78, 5) is 7.78. The third kappa shape index (κ3) is 2.44. The summed E-state index contributed by atoms with van der Waals surface area (Å²) in [6.07, 6.45) is 3.03. The average molecular weight is 254 g/mol. The molecule has 8 heteroatoms. The first-order chi connectivity index (χ1) is 8.22. The van der Waals surface area contributed by atoms with Crippen LogP contribution in [0.3, 0.4) is 0 Å². The monoisotopic (exact) mass is 253 g/mol. The summed E-state index contributed by atoms with van der Waals surface area (Å²) in [5, 5.41) is 11.1. The fraction of sp³-hybridized carbons (Fsp3) is 0.333. The van der Waals surface area contributed by atoms with Crippen molar-refractivity contribution in [2.75, 3.05) is 11.1 Å². The quantitative estimate of drug-likeness (QED) is 0.788. The Labute approximate surface area is 103 Å². The second-order valence-corrected chi connectivity index (χ2v) is 3.67. The smallest absolute Gasteiger partial charge is 0.157 e. The van der Waals surface area contributed by atoms with Crippen molar-refractivity contribution >= 4 is 23.1 Å². The number of aryl methyl sites for hydroxylation is 1. The predicted molar refractivity (Wildman–Crippen MR) is 64.5 cm³/mol. The lowest BCUT2D eigenvalue weighted by Crippen LogP contribution is -2.10. The van der Waals surface area contributed by atoms with Gasteiger partial charge in [0.05, 0.1) is 6.54 Å². The summed E-state index contributed by atoms with van der Waals surface area (Å²) in [5.41, 5.74) is 6.06. The highest BCUT2D eigenvalue weighted by atomic mass is 35.5. The molecule has 0 unspecified atom stereocenters. The molecule has 7 nitrogen and oxygen atoms in total. The van der Waals surface area contributed by atoms with Crippen molar-refractivity contribution in [1.29, 1.82) is 0 Å². The van der Waals surface area contributed by atoms with Gasteiger partial charge in [0.2, 0.25) is 0 Å². The number of nitrogen functional groups attached to an aromatic ring is 1. The molecule has 17 heavy (non-hydrogen) atoms. The molecule has 0 saturated carbocycles. The van der Waals surface area contributed by atoms with Crippen LogP contribution in [0, 0.1) is 0 Å². The zero-order chi connectivity index (χ0) is 12.3. The van der Waals surface area contributed by atoms with E-state index in [2.05, 4.69) is 25.5 Å². The van der Waals surface area contributed by atoms with Gasteiger partial charge < -0.3 is 15.6 Å². The number of halogens is 1. The number of anilines is 2. The van der Waals surface area contributed by atoms with Crippen LogP contribution < -0.4 is 11.1 Å². The molecule has 0 aromatic carbocycles. The minimum atomic E-state index is 0.236. The molecule has 0 spiro atoms. The van der Waals surface area contributed by atoms with Gasteiger partial charge in [0.15, 0.2) is 16.8 Å². The molecule has 2 heterocycles.